The van der Waals surface area contributed by atoms with E-state index in [1.165, 1.54) is 12.1 Å². The molecule has 0 aliphatic heterocycles. The third-order valence-electron chi connectivity index (χ3n) is 3.93. The van der Waals surface area contributed by atoms with E-state index in [1.54, 1.807) is 29.2 Å². The number of anilines is 1. The molecule has 0 fully saturated rings. The maximum atomic E-state index is 12.4. The summed E-state index contributed by atoms with van der Waals surface area (Å²) in [6.45, 7) is 4.64. The van der Waals surface area contributed by atoms with Crippen molar-refractivity contribution in [1.29, 1.82) is 0 Å². The zero-order chi connectivity index (χ0) is 20.7. The van der Waals surface area contributed by atoms with E-state index >= 15 is 0 Å². The predicted molar refractivity (Wildman–Crippen MR) is 106 cm³/mol. The zero-order valence-electron chi connectivity index (χ0n) is 15.5. The van der Waals surface area contributed by atoms with Gasteiger partial charge < -0.3 is 15.0 Å². The van der Waals surface area contributed by atoms with Crippen LogP contribution in [0.4, 0.5) is 11.4 Å². The summed E-state index contributed by atoms with van der Waals surface area (Å²) < 4.78 is 5.31. The molecule has 1 N–H and O–H groups in total. The quantitative estimate of drug-likeness (QED) is 0.532. The number of ether oxygens (including phenoxy) is 1. The van der Waals surface area contributed by atoms with Crippen LogP contribution >= 0.6 is 11.6 Å². The van der Waals surface area contributed by atoms with Crippen LogP contribution in [-0.4, -0.2) is 41.3 Å². The van der Waals surface area contributed by atoms with Crippen molar-refractivity contribution < 1.29 is 19.2 Å². The van der Waals surface area contributed by atoms with Crippen molar-refractivity contribution in [2.24, 2.45) is 0 Å². The van der Waals surface area contributed by atoms with E-state index in [-0.39, 0.29) is 29.0 Å². The molecule has 148 valence electrons. The molecule has 0 heterocycles. The van der Waals surface area contributed by atoms with Crippen molar-refractivity contribution in [2.45, 2.75) is 13.8 Å². The number of rotatable bonds is 8. The van der Waals surface area contributed by atoms with Crippen molar-refractivity contribution in [3.8, 4) is 5.75 Å². The number of benzene rings is 2. The number of non-ortho nitro benzene ring substituents is 1. The van der Waals surface area contributed by atoms with Gasteiger partial charge in [0.2, 0.25) is 0 Å². The van der Waals surface area contributed by atoms with Crippen LogP contribution in [0.5, 0.6) is 5.75 Å². The second-order valence-corrected chi connectivity index (χ2v) is 6.17. The van der Waals surface area contributed by atoms with Crippen molar-refractivity contribution >= 4 is 34.8 Å². The fourth-order valence-electron chi connectivity index (χ4n) is 2.48. The highest BCUT2D eigenvalue weighted by Gasteiger charge is 2.14. The Bertz CT molecular complexity index is 884. The molecule has 0 spiro atoms. The highest BCUT2D eigenvalue weighted by atomic mass is 35.5. The fourth-order valence-corrected chi connectivity index (χ4v) is 2.71. The third kappa shape index (κ3) is 5.43. The van der Waals surface area contributed by atoms with Crippen LogP contribution in [0.1, 0.15) is 24.2 Å². The molecule has 0 aliphatic carbocycles. The second-order valence-electron chi connectivity index (χ2n) is 5.77. The van der Waals surface area contributed by atoms with E-state index in [0.717, 1.165) is 6.07 Å². The van der Waals surface area contributed by atoms with E-state index in [9.17, 15) is 19.7 Å². The standard InChI is InChI=1S/C19H20ClN3O5/c1-3-22(4-2)19(25)13-6-5-7-14(10-13)21-18(24)12-28-17-9-8-15(23(26)27)11-16(17)20/h5-11H,3-4,12H2,1-2H3,(H,21,24). The van der Waals surface area contributed by atoms with Gasteiger partial charge in [0.15, 0.2) is 6.61 Å². The monoisotopic (exact) mass is 405 g/mol. The number of carbonyl (C=O) groups is 2. The summed E-state index contributed by atoms with van der Waals surface area (Å²) in [5, 5.41) is 13.4. The summed E-state index contributed by atoms with van der Waals surface area (Å²) in [6.07, 6.45) is 0. The normalized spacial score (nSPS) is 10.2. The van der Waals surface area contributed by atoms with Crippen molar-refractivity contribution in [3.63, 3.8) is 0 Å². The Hall–Kier alpha value is -3.13. The fraction of sp³-hybridized carbons (Fsp3) is 0.263. The van der Waals surface area contributed by atoms with Crippen LogP contribution in [0.3, 0.4) is 0 Å². The molecule has 0 unspecified atom stereocenters. The largest absolute Gasteiger partial charge is 0.482 e. The summed E-state index contributed by atoms with van der Waals surface area (Å²) >= 11 is 5.93. The molecule has 2 aromatic rings. The summed E-state index contributed by atoms with van der Waals surface area (Å²) in [5.41, 5.74) is 0.763. The number of nitrogens with one attached hydrogen (secondary N) is 1. The summed E-state index contributed by atoms with van der Waals surface area (Å²) in [5.74, 6) is -0.412. The molecular formula is C19H20ClN3O5. The molecule has 2 aromatic carbocycles. The van der Waals surface area contributed by atoms with Crippen LogP contribution in [0.2, 0.25) is 5.02 Å². The molecule has 28 heavy (non-hydrogen) atoms. The first-order valence-corrected chi connectivity index (χ1v) is 8.99. The molecule has 0 atom stereocenters. The van der Waals surface area contributed by atoms with E-state index in [0.29, 0.717) is 24.3 Å². The topological polar surface area (TPSA) is 102 Å². The summed E-state index contributed by atoms with van der Waals surface area (Å²) in [4.78, 5) is 36.3. The molecule has 0 radical (unpaired) electrons. The van der Waals surface area contributed by atoms with Gasteiger partial charge in [-0.2, -0.15) is 0 Å². The van der Waals surface area contributed by atoms with Crippen LogP contribution in [0.25, 0.3) is 0 Å². The Kier molecular flexibility index (Phi) is 7.34. The van der Waals surface area contributed by atoms with Gasteiger partial charge in [0, 0.05) is 36.5 Å². The lowest BCUT2D eigenvalue weighted by Crippen LogP contribution is -2.30. The molecule has 2 rings (SSSR count). The van der Waals surface area contributed by atoms with Crippen LogP contribution in [0.15, 0.2) is 42.5 Å². The minimum atomic E-state index is -0.575. The number of nitrogens with zero attached hydrogens (tertiary/aromatic N) is 2. The lowest BCUT2D eigenvalue weighted by molar-refractivity contribution is -0.384. The average Bonchev–Trinajstić information content (AvgIpc) is 2.68. The SMILES string of the molecule is CCN(CC)C(=O)c1cccc(NC(=O)COc2ccc([N+](=O)[O-])cc2Cl)c1. The van der Waals surface area contributed by atoms with E-state index < -0.39 is 10.8 Å². The molecule has 0 saturated heterocycles. The van der Waals surface area contributed by atoms with E-state index in [2.05, 4.69) is 5.32 Å². The Morgan fingerprint density at radius 2 is 1.89 bits per heavy atom. The second kappa shape index (κ2) is 9.70. The van der Waals surface area contributed by atoms with Gasteiger partial charge in [0.05, 0.1) is 9.95 Å². The Labute approximate surface area is 167 Å². The number of hydrogen-bond donors (Lipinski definition) is 1. The lowest BCUT2D eigenvalue weighted by atomic mass is 10.1. The molecule has 0 aromatic heterocycles. The Morgan fingerprint density at radius 3 is 2.50 bits per heavy atom. The van der Waals surface area contributed by atoms with Crippen LogP contribution in [-0.2, 0) is 4.79 Å². The van der Waals surface area contributed by atoms with Gasteiger partial charge in [-0.25, -0.2) is 0 Å². The van der Waals surface area contributed by atoms with Gasteiger partial charge in [-0.05, 0) is 38.1 Å². The molecule has 0 saturated carbocycles. The molecule has 0 bridgehead atoms. The number of halogens is 1. The van der Waals surface area contributed by atoms with Gasteiger partial charge in [-0.3, -0.25) is 19.7 Å². The third-order valence-corrected chi connectivity index (χ3v) is 4.22. The summed E-state index contributed by atoms with van der Waals surface area (Å²) in [6, 6.07) is 10.3. The molecular weight excluding hydrogens is 386 g/mol. The van der Waals surface area contributed by atoms with E-state index in [4.69, 9.17) is 16.3 Å². The van der Waals surface area contributed by atoms with Crippen molar-refractivity contribution in [2.75, 3.05) is 25.0 Å². The Balaban J connectivity index is 1.99. The molecule has 2 amide bonds. The smallest absolute Gasteiger partial charge is 0.271 e. The van der Waals surface area contributed by atoms with Crippen LogP contribution in [0, 0.1) is 10.1 Å². The molecule has 0 aliphatic rings. The number of hydrogen-bond acceptors (Lipinski definition) is 5. The molecule has 9 heteroatoms. The lowest BCUT2D eigenvalue weighted by Gasteiger charge is -2.19. The summed E-state index contributed by atoms with van der Waals surface area (Å²) in [7, 11) is 0. The first-order valence-electron chi connectivity index (χ1n) is 8.61. The minimum Gasteiger partial charge on any atom is -0.482 e. The molecule has 8 nitrogen and oxygen atoms in total. The zero-order valence-corrected chi connectivity index (χ0v) is 16.2. The minimum absolute atomic E-state index is 0.0359. The predicted octanol–water partition coefficient (Wildman–Crippen LogP) is 3.75. The number of carbonyl (C=O) groups excluding carboxylic acids is 2. The van der Waals surface area contributed by atoms with Crippen molar-refractivity contribution in [1.82, 2.24) is 4.90 Å². The maximum Gasteiger partial charge on any atom is 0.271 e. The van der Waals surface area contributed by atoms with Gasteiger partial charge >= 0.3 is 0 Å². The van der Waals surface area contributed by atoms with Gasteiger partial charge in [0.25, 0.3) is 17.5 Å². The first kappa shape index (κ1) is 21.2. The van der Waals surface area contributed by atoms with E-state index in [1.807, 2.05) is 13.8 Å². The number of nitro benzene ring substituents is 1. The highest BCUT2D eigenvalue weighted by Crippen LogP contribution is 2.28. The van der Waals surface area contributed by atoms with Gasteiger partial charge in [-0.15, -0.1) is 0 Å². The Morgan fingerprint density at radius 1 is 1.18 bits per heavy atom. The first-order chi connectivity index (χ1) is 13.3. The van der Waals surface area contributed by atoms with Crippen LogP contribution < -0.4 is 10.1 Å². The maximum absolute atomic E-state index is 12.4. The number of amides is 2. The number of nitro groups is 1. The van der Waals surface area contributed by atoms with Crippen molar-refractivity contribution in [3.05, 3.63) is 63.2 Å². The van der Waals surface area contributed by atoms with Gasteiger partial charge in [-0.1, -0.05) is 17.7 Å². The van der Waals surface area contributed by atoms with Gasteiger partial charge in [0.1, 0.15) is 5.75 Å². The highest BCUT2D eigenvalue weighted by molar-refractivity contribution is 6.32. The average molecular weight is 406 g/mol.